The molecular weight excluding hydrogens is 248 g/mol. The number of amides is 2. The third-order valence-corrected chi connectivity index (χ3v) is 4.08. The van der Waals surface area contributed by atoms with Crippen molar-refractivity contribution < 1.29 is 23.1 Å². The third kappa shape index (κ3) is 5.03. The number of nitrogens with one attached hydrogen (secondary N) is 1. The van der Waals surface area contributed by atoms with Gasteiger partial charge in [-0.2, -0.15) is 0 Å². The van der Waals surface area contributed by atoms with Crippen molar-refractivity contribution in [1.82, 2.24) is 10.2 Å². The van der Waals surface area contributed by atoms with Crippen LogP contribution in [0.4, 0.5) is 4.79 Å². The van der Waals surface area contributed by atoms with Crippen molar-refractivity contribution in [2.24, 2.45) is 0 Å². The van der Waals surface area contributed by atoms with Crippen LogP contribution in [0.5, 0.6) is 0 Å². The molecule has 7 nitrogen and oxygen atoms in total. The molecule has 0 aromatic carbocycles. The highest BCUT2D eigenvalue weighted by Crippen LogP contribution is 2.03. The minimum absolute atomic E-state index is 0.00442. The minimum Gasteiger partial charge on any atom is -0.481 e. The molecule has 1 aliphatic rings. The highest BCUT2D eigenvalue weighted by atomic mass is 32.2. The molecule has 0 bridgehead atoms. The van der Waals surface area contributed by atoms with Crippen LogP contribution in [0.3, 0.4) is 0 Å². The van der Waals surface area contributed by atoms with Crippen molar-refractivity contribution in [2.75, 3.05) is 31.1 Å². The molecule has 0 unspecified atom stereocenters. The summed E-state index contributed by atoms with van der Waals surface area (Å²) in [5.41, 5.74) is 0. The minimum atomic E-state index is -2.98. The summed E-state index contributed by atoms with van der Waals surface area (Å²) >= 11 is 0. The summed E-state index contributed by atoms with van der Waals surface area (Å²) in [7, 11) is -2.98. The molecule has 98 valence electrons. The molecule has 8 heteroatoms. The predicted molar refractivity (Wildman–Crippen MR) is 60.5 cm³/mol. The van der Waals surface area contributed by atoms with Gasteiger partial charge in [-0.3, -0.25) is 4.79 Å². The van der Waals surface area contributed by atoms with E-state index in [0.717, 1.165) is 0 Å². The van der Waals surface area contributed by atoms with Crippen molar-refractivity contribution in [1.29, 1.82) is 0 Å². The van der Waals surface area contributed by atoms with Crippen molar-refractivity contribution in [3.05, 3.63) is 0 Å². The van der Waals surface area contributed by atoms with Crippen LogP contribution in [0.2, 0.25) is 0 Å². The van der Waals surface area contributed by atoms with Crippen molar-refractivity contribution >= 4 is 21.8 Å². The Morgan fingerprint density at radius 1 is 1.24 bits per heavy atom. The fraction of sp³-hybridized carbons (Fsp3) is 0.778. The van der Waals surface area contributed by atoms with E-state index in [9.17, 15) is 18.0 Å². The van der Waals surface area contributed by atoms with Gasteiger partial charge in [0.1, 0.15) is 0 Å². The predicted octanol–water partition coefficient (Wildman–Crippen LogP) is -0.709. The summed E-state index contributed by atoms with van der Waals surface area (Å²) < 4.78 is 22.3. The smallest absolute Gasteiger partial charge is 0.317 e. The van der Waals surface area contributed by atoms with E-state index >= 15 is 0 Å². The summed E-state index contributed by atoms with van der Waals surface area (Å²) in [5, 5.41) is 11.0. The van der Waals surface area contributed by atoms with E-state index in [1.54, 1.807) is 0 Å². The third-order valence-electron chi connectivity index (χ3n) is 2.48. The van der Waals surface area contributed by atoms with Gasteiger partial charge in [-0.25, -0.2) is 13.2 Å². The number of carbonyl (C=O) groups is 2. The molecule has 1 rings (SSSR count). The first-order valence-corrected chi connectivity index (χ1v) is 7.18. The average Bonchev–Trinajstić information content (AvgIpc) is 2.23. The second kappa shape index (κ2) is 5.85. The lowest BCUT2D eigenvalue weighted by molar-refractivity contribution is -0.137. The lowest BCUT2D eigenvalue weighted by atomic mass is 10.3. The number of hydrogen-bond donors (Lipinski definition) is 2. The quantitative estimate of drug-likeness (QED) is 0.653. The lowest BCUT2D eigenvalue weighted by Gasteiger charge is -2.26. The number of sulfone groups is 1. The molecule has 1 fully saturated rings. The zero-order chi connectivity index (χ0) is 12.9. The molecule has 17 heavy (non-hydrogen) atoms. The van der Waals surface area contributed by atoms with Crippen molar-refractivity contribution in [2.45, 2.75) is 12.8 Å². The van der Waals surface area contributed by atoms with Gasteiger partial charge in [0.2, 0.25) is 0 Å². The summed E-state index contributed by atoms with van der Waals surface area (Å²) in [6.07, 6.45) is 0.377. The van der Waals surface area contributed by atoms with E-state index in [1.165, 1.54) is 4.90 Å². The van der Waals surface area contributed by atoms with Gasteiger partial charge in [-0.1, -0.05) is 0 Å². The second-order valence-electron chi connectivity index (χ2n) is 3.87. The number of urea groups is 1. The zero-order valence-electron chi connectivity index (χ0n) is 9.39. The van der Waals surface area contributed by atoms with Crippen LogP contribution < -0.4 is 5.32 Å². The van der Waals surface area contributed by atoms with Gasteiger partial charge in [0.25, 0.3) is 0 Å². The molecular formula is C9H16N2O5S. The summed E-state index contributed by atoms with van der Waals surface area (Å²) in [4.78, 5) is 23.2. The van der Waals surface area contributed by atoms with E-state index in [4.69, 9.17) is 5.11 Å². The van der Waals surface area contributed by atoms with Gasteiger partial charge in [0.05, 0.1) is 11.5 Å². The topological polar surface area (TPSA) is 104 Å². The Kier molecular flexibility index (Phi) is 4.73. The number of aliphatic carboxylic acids is 1. The largest absolute Gasteiger partial charge is 0.481 e. The maximum Gasteiger partial charge on any atom is 0.317 e. The Morgan fingerprint density at radius 2 is 1.82 bits per heavy atom. The highest BCUT2D eigenvalue weighted by molar-refractivity contribution is 7.91. The molecule has 0 saturated carbocycles. The van der Waals surface area contributed by atoms with E-state index in [2.05, 4.69) is 5.32 Å². The number of carbonyl (C=O) groups excluding carboxylic acids is 1. The first kappa shape index (κ1) is 13.8. The van der Waals surface area contributed by atoms with E-state index < -0.39 is 15.8 Å². The molecule has 0 aromatic rings. The van der Waals surface area contributed by atoms with Crippen molar-refractivity contribution in [3.63, 3.8) is 0 Å². The molecule has 1 heterocycles. The van der Waals surface area contributed by atoms with Crippen LogP contribution >= 0.6 is 0 Å². The lowest BCUT2D eigenvalue weighted by Crippen LogP contribution is -2.48. The van der Waals surface area contributed by atoms with E-state index in [1.807, 2.05) is 0 Å². The molecule has 2 amide bonds. The van der Waals surface area contributed by atoms with E-state index in [-0.39, 0.29) is 43.6 Å². The van der Waals surface area contributed by atoms with Crippen LogP contribution in [0, 0.1) is 0 Å². The highest BCUT2D eigenvalue weighted by Gasteiger charge is 2.24. The maximum atomic E-state index is 11.5. The SMILES string of the molecule is O=C(O)CCCNC(=O)N1CCS(=O)(=O)CC1. The fourth-order valence-corrected chi connectivity index (χ4v) is 2.66. The second-order valence-corrected chi connectivity index (χ2v) is 6.17. The molecule has 0 aromatic heterocycles. The molecule has 1 aliphatic heterocycles. The Balaban J connectivity index is 2.23. The van der Waals surface area contributed by atoms with Gasteiger partial charge in [0.15, 0.2) is 9.84 Å². The summed E-state index contributed by atoms with van der Waals surface area (Å²) in [6.45, 7) is 0.689. The number of nitrogens with zero attached hydrogens (tertiary/aromatic N) is 1. The number of carboxylic acids is 1. The zero-order valence-corrected chi connectivity index (χ0v) is 10.2. The fourth-order valence-electron chi connectivity index (χ4n) is 1.46. The molecule has 1 saturated heterocycles. The van der Waals surface area contributed by atoms with Crippen LogP contribution in [-0.4, -0.2) is 61.6 Å². The standard InChI is InChI=1S/C9H16N2O5S/c12-8(13)2-1-3-10-9(14)11-4-6-17(15,16)7-5-11/h1-7H2,(H,10,14)(H,12,13). The molecule has 0 spiro atoms. The average molecular weight is 264 g/mol. The van der Waals surface area contributed by atoms with Gasteiger partial charge in [-0.05, 0) is 6.42 Å². The molecule has 0 aliphatic carbocycles. The van der Waals surface area contributed by atoms with Crippen molar-refractivity contribution in [3.8, 4) is 0 Å². The normalized spacial score (nSPS) is 18.7. The maximum absolute atomic E-state index is 11.5. The summed E-state index contributed by atoms with van der Waals surface area (Å²) in [6, 6.07) is -0.328. The van der Waals surface area contributed by atoms with E-state index in [0.29, 0.717) is 6.42 Å². The number of rotatable bonds is 4. The molecule has 2 N–H and O–H groups in total. The van der Waals surface area contributed by atoms with Crippen LogP contribution in [0.15, 0.2) is 0 Å². The van der Waals surface area contributed by atoms with Gasteiger partial charge >= 0.3 is 12.0 Å². The Morgan fingerprint density at radius 3 is 2.35 bits per heavy atom. The summed E-state index contributed by atoms with van der Waals surface area (Å²) in [5.74, 6) is -0.909. The van der Waals surface area contributed by atoms with Gasteiger partial charge in [0, 0.05) is 26.1 Å². The van der Waals surface area contributed by atoms with Gasteiger partial charge in [-0.15, -0.1) is 0 Å². The first-order valence-electron chi connectivity index (χ1n) is 5.36. The number of hydrogen-bond acceptors (Lipinski definition) is 4. The Hall–Kier alpha value is -1.31. The van der Waals surface area contributed by atoms with Crippen LogP contribution in [0.1, 0.15) is 12.8 Å². The molecule has 0 atom stereocenters. The first-order chi connectivity index (χ1) is 7.91. The molecule has 0 radical (unpaired) electrons. The van der Waals surface area contributed by atoms with Crippen LogP contribution in [-0.2, 0) is 14.6 Å². The van der Waals surface area contributed by atoms with Gasteiger partial charge < -0.3 is 15.3 Å². The number of carboxylic acid groups (broad SMARTS) is 1. The van der Waals surface area contributed by atoms with Crippen LogP contribution in [0.25, 0.3) is 0 Å². The Labute approximate surface area is 99.7 Å². The monoisotopic (exact) mass is 264 g/mol. The Bertz CT molecular complexity index is 378.